The minimum atomic E-state index is -1.22. The molecular formula is C6H4BrNO4. The summed E-state index contributed by atoms with van der Waals surface area (Å²) >= 11 is 2.83. The van der Waals surface area contributed by atoms with Gasteiger partial charge in [-0.2, -0.15) is 0 Å². The van der Waals surface area contributed by atoms with Gasteiger partial charge in [-0.25, -0.2) is 0 Å². The van der Waals surface area contributed by atoms with Gasteiger partial charge in [0, 0.05) is 6.08 Å². The number of hydrogen-bond donors (Lipinski definition) is 1. The molecule has 1 N–H and O–H groups in total. The number of imide groups is 1. The van der Waals surface area contributed by atoms with Crippen LogP contribution >= 0.6 is 15.9 Å². The van der Waals surface area contributed by atoms with Gasteiger partial charge in [-0.05, 0) is 15.9 Å². The highest BCUT2D eigenvalue weighted by molar-refractivity contribution is 9.12. The predicted octanol–water partition coefficient (Wildman–Crippen LogP) is -0.281. The number of hydrogen-bond acceptors (Lipinski definition) is 3. The first-order valence-electron chi connectivity index (χ1n) is 2.97. The van der Waals surface area contributed by atoms with Crippen LogP contribution in [0.25, 0.3) is 0 Å². The summed E-state index contributed by atoms with van der Waals surface area (Å²) in [4.78, 5) is 32.7. The molecule has 0 unspecified atom stereocenters. The van der Waals surface area contributed by atoms with Crippen LogP contribution in [0.15, 0.2) is 10.6 Å². The Labute approximate surface area is 75.8 Å². The Bertz CT molecular complexity index is 296. The van der Waals surface area contributed by atoms with Gasteiger partial charge in [0.05, 0.1) is 4.48 Å². The maximum absolute atomic E-state index is 11.0. The molecule has 0 aromatic heterocycles. The SMILES string of the molecule is O=C(O)CN1C(=O)C=C(Br)C1=O. The number of halogens is 1. The van der Waals surface area contributed by atoms with E-state index in [2.05, 4.69) is 15.9 Å². The van der Waals surface area contributed by atoms with Crippen molar-refractivity contribution in [3.63, 3.8) is 0 Å². The van der Waals surface area contributed by atoms with Crippen molar-refractivity contribution in [2.45, 2.75) is 0 Å². The maximum Gasteiger partial charge on any atom is 0.323 e. The lowest BCUT2D eigenvalue weighted by Crippen LogP contribution is -2.35. The van der Waals surface area contributed by atoms with Crippen LogP contribution in [-0.4, -0.2) is 34.3 Å². The van der Waals surface area contributed by atoms with Crippen LogP contribution in [0.5, 0.6) is 0 Å². The molecule has 1 aliphatic rings. The van der Waals surface area contributed by atoms with Gasteiger partial charge < -0.3 is 5.11 Å². The van der Waals surface area contributed by atoms with Crippen LogP contribution in [0, 0.1) is 0 Å². The molecule has 5 nitrogen and oxygen atoms in total. The van der Waals surface area contributed by atoms with Gasteiger partial charge in [0.25, 0.3) is 11.8 Å². The third-order valence-corrected chi connectivity index (χ3v) is 1.83. The van der Waals surface area contributed by atoms with E-state index in [9.17, 15) is 14.4 Å². The molecule has 0 atom stereocenters. The molecule has 0 saturated carbocycles. The van der Waals surface area contributed by atoms with Gasteiger partial charge in [0.15, 0.2) is 0 Å². The van der Waals surface area contributed by atoms with Crippen LogP contribution in [0.3, 0.4) is 0 Å². The van der Waals surface area contributed by atoms with Crippen LogP contribution in [0.1, 0.15) is 0 Å². The topological polar surface area (TPSA) is 74.7 Å². The van der Waals surface area contributed by atoms with E-state index in [1.54, 1.807) is 0 Å². The number of amides is 2. The zero-order valence-electron chi connectivity index (χ0n) is 5.78. The largest absolute Gasteiger partial charge is 0.480 e. The van der Waals surface area contributed by atoms with Gasteiger partial charge in [-0.15, -0.1) is 0 Å². The number of carbonyl (C=O) groups excluding carboxylic acids is 2. The molecule has 6 heteroatoms. The van der Waals surface area contributed by atoms with Crippen molar-refractivity contribution in [3.05, 3.63) is 10.6 Å². The lowest BCUT2D eigenvalue weighted by Gasteiger charge is -2.09. The first-order valence-corrected chi connectivity index (χ1v) is 3.76. The smallest absolute Gasteiger partial charge is 0.323 e. The fourth-order valence-electron chi connectivity index (χ4n) is 0.762. The second kappa shape index (κ2) is 3.06. The zero-order chi connectivity index (χ0) is 9.30. The normalized spacial score (nSPS) is 16.8. The van der Waals surface area contributed by atoms with Crippen LogP contribution in [0.4, 0.5) is 0 Å². The van der Waals surface area contributed by atoms with E-state index in [-0.39, 0.29) is 4.48 Å². The van der Waals surface area contributed by atoms with Crippen molar-refractivity contribution in [1.29, 1.82) is 0 Å². The first-order chi connectivity index (χ1) is 5.52. The average Bonchev–Trinajstić information content (AvgIpc) is 2.16. The van der Waals surface area contributed by atoms with E-state index in [1.165, 1.54) is 0 Å². The average molecular weight is 234 g/mol. The Hall–Kier alpha value is -1.17. The van der Waals surface area contributed by atoms with Gasteiger partial charge in [0.1, 0.15) is 6.54 Å². The fraction of sp³-hybridized carbons (Fsp3) is 0.167. The number of carbonyl (C=O) groups is 3. The van der Waals surface area contributed by atoms with Crippen molar-refractivity contribution in [2.75, 3.05) is 6.54 Å². The first kappa shape index (κ1) is 8.92. The second-order valence-electron chi connectivity index (χ2n) is 2.12. The number of carboxylic acids is 1. The van der Waals surface area contributed by atoms with Crippen molar-refractivity contribution < 1.29 is 19.5 Å². The summed E-state index contributed by atoms with van der Waals surface area (Å²) in [6, 6.07) is 0. The quantitative estimate of drug-likeness (QED) is 0.666. The second-order valence-corrected chi connectivity index (χ2v) is 2.97. The third kappa shape index (κ3) is 1.53. The monoisotopic (exact) mass is 233 g/mol. The van der Waals surface area contributed by atoms with E-state index < -0.39 is 24.3 Å². The van der Waals surface area contributed by atoms with Gasteiger partial charge >= 0.3 is 5.97 Å². The molecule has 0 aromatic rings. The van der Waals surface area contributed by atoms with Crippen LogP contribution < -0.4 is 0 Å². The Balaban J connectivity index is 2.77. The minimum Gasteiger partial charge on any atom is -0.480 e. The van der Waals surface area contributed by atoms with E-state index in [0.29, 0.717) is 4.90 Å². The van der Waals surface area contributed by atoms with Crippen molar-refractivity contribution in [3.8, 4) is 0 Å². The predicted molar refractivity (Wildman–Crippen MR) is 41.4 cm³/mol. The summed E-state index contributed by atoms with van der Waals surface area (Å²) in [5.41, 5.74) is 0. The zero-order valence-corrected chi connectivity index (χ0v) is 7.37. The highest BCUT2D eigenvalue weighted by Gasteiger charge is 2.30. The fourth-order valence-corrected chi connectivity index (χ4v) is 1.17. The molecule has 1 aliphatic heterocycles. The summed E-state index contributed by atoms with van der Waals surface area (Å²) in [5, 5.41) is 8.31. The molecule has 12 heavy (non-hydrogen) atoms. The van der Waals surface area contributed by atoms with Crippen LogP contribution in [-0.2, 0) is 14.4 Å². The number of nitrogens with zero attached hydrogens (tertiary/aromatic N) is 1. The molecule has 0 fully saturated rings. The lowest BCUT2D eigenvalue weighted by molar-refractivity contribution is -0.147. The molecule has 1 rings (SSSR count). The molecule has 0 aliphatic carbocycles. The Morgan fingerprint density at radius 3 is 2.50 bits per heavy atom. The van der Waals surface area contributed by atoms with Gasteiger partial charge in [0.2, 0.25) is 0 Å². The van der Waals surface area contributed by atoms with Crippen LogP contribution in [0.2, 0.25) is 0 Å². The number of carboxylic acid groups (broad SMARTS) is 1. The van der Waals surface area contributed by atoms with E-state index >= 15 is 0 Å². The van der Waals surface area contributed by atoms with Crippen molar-refractivity contribution in [2.24, 2.45) is 0 Å². The van der Waals surface area contributed by atoms with Gasteiger partial charge in [-0.3, -0.25) is 19.3 Å². The molecule has 1 heterocycles. The minimum absolute atomic E-state index is 0.0914. The summed E-state index contributed by atoms with van der Waals surface area (Å²) in [5.74, 6) is -2.43. The van der Waals surface area contributed by atoms with Crippen molar-refractivity contribution in [1.82, 2.24) is 4.90 Å². The molecule has 64 valence electrons. The molecular weight excluding hydrogens is 230 g/mol. The standard InChI is InChI=1S/C6H4BrNO4/c7-3-1-4(9)8(6(3)12)2-5(10)11/h1H,2H2,(H,10,11). The number of rotatable bonds is 2. The molecule has 0 bridgehead atoms. The summed E-state index contributed by atoms with van der Waals surface area (Å²) in [6.07, 6.45) is 1.05. The molecule has 0 saturated heterocycles. The van der Waals surface area contributed by atoms with E-state index in [1.807, 2.05) is 0 Å². The maximum atomic E-state index is 11.0. The summed E-state index contributed by atoms with van der Waals surface area (Å²) in [7, 11) is 0. The highest BCUT2D eigenvalue weighted by atomic mass is 79.9. The number of aliphatic carboxylic acids is 1. The van der Waals surface area contributed by atoms with E-state index in [0.717, 1.165) is 6.08 Å². The summed E-state index contributed by atoms with van der Waals surface area (Å²) < 4.78 is 0.0914. The molecule has 2 amide bonds. The van der Waals surface area contributed by atoms with Crippen molar-refractivity contribution >= 4 is 33.7 Å². The third-order valence-electron chi connectivity index (χ3n) is 1.26. The summed E-state index contributed by atoms with van der Waals surface area (Å²) in [6.45, 7) is -0.594. The Morgan fingerprint density at radius 2 is 2.17 bits per heavy atom. The van der Waals surface area contributed by atoms with Gasteiger partial charge in [-0.1, -0.05) is 0 Å². The molecule has 0 radical (unpaired) electrons. The Morgan fingerprint density at radius 1 is 1.58 bits per heavy atom. The molecule has 0 aromatic carbocycles. The lowest BCUT2D eigenvalue weighted by atomic mass is 10.5. The molecule has 0 spiro atoms. The Kier molecular flexibility index (Phi) is 2.27. The highest BCUT2D eigenvalue weighted by Crippen LogP contribution is 2.17. The van der Waals surface area contributed by atoms with E-state index in [4.69, 9.17) is 5.11 Å².